The summed E-state index contributed by atoms with van der Waals surface area (Å²) in [6, 6.07) is 26.8. The van der Waals surface area contributed by atoms with Crippen molar-refractivity contribution in [3.63, 3.8) is 0 Å². The van der Waals surface area contributed by atoms with E-state index < -0.39 is 0 Å². The summed E-state index contributed by atoms with van der Waals surface area (Å²) in [5, 5.41) is 0. The second kappa shape index (κ2) is 22.5. The Kier molecular flexibility index (Phi) is 17.2. The Morgan fingerprint density at radius 3 is 2.15 bits per heavy atom. The summed E-state index contributed by atoms with van der Waals surface area (Å²) in [4.78, 5) is 2.51. The molecule has 1 heteroatoms. The topological polar surface area (TPSA) is 3.24 Å². The lowest BCUT2D eigenvalue weighted by Gasteiger charge is -2.39. The van der Waals surface area contributed by atoms with E-state index in [9.17, 15) is 0 Å². The fourth-order valence-corrected chi connectivity index (χ4v) is 6.91. The Balaban J connectivity index is 1.88. The molecule has 0 fully saturated rings. The van der Waals surface area contributed by atoms with Crippen molar-refractivity contribution < 1.29 is 0 Å². The third kappa shape index (κ3) is 12.2. The van der Waals surface area contributed by atoms with Crippen LogP contribution in [0.15, 0.2) is 211 Å². The molecule has 0 saturated heterocycles. The van der Waals surface area contributed by atoms with Gasteiger partial charge in [0, 0.05) is 11.4 Å². The van der Waals surface area contributed by atoms with Crippen LogP contribution in [0.25, 0.3) is 17.2 Å². The first-order valence-corrected chi connectivity index (χ1v) is 19.9. The third-order valence-electron chi connectivity index (χ3n) is 9.93. The minimum Gasteiger partial charge on any atom is -0.334 e. The molecule has 2 unspecified atom stereocenters. The summed E-state index contributed by atoms with van der Waals surface area (Å²) in [5.74, 6) is 0.195. The monoisotopic (exact) mass is 723 g/mol. The second-order valence-electron chi connectivity index (χ2n) is 13.9. The van der Waals surface area contributed by atoms with Crippen LogP contribution in [0.4, 0.5) is 0 Å². The Morgan fingerprint density at radius 2 is 1.47 bits per heavy atom. The maximum atomic E-state index is 4.45. The average Bonchev–Trinajstić information content (AvgIpc) is 3.21. The zero-order chi connectivity index (χ0) is 39.4. The van der Waals surface area contributed by atoms with Gasteiger partial charge in [0.25, 0.3) is 0 Å². The molecule has 0 amide bonds. The van der Waals surface area contributed by atoms with E-state index in [2.05, 4.69) is 223 Å². The average molecular weight is 724 g/mol. The smallest absolute Gasteiger partial charge is 0.0638 e. The zero-order valence-electron chi connectivity index (χ0n) is 34.1. The van der Waals surface area contributed by atoms with Gasteiger partial charge in [-0.1, -0.05) is 190 Å². The molecule has 2 atom stereocenters. The second-order valence-corrected chi connectivity index (χ2v) is 13.9. The maximum absolute atomic E-state index is 4.45. The Bertz CT molecular complexity index is 2040. The highest BCUT2D eigenvalue weighted by Gasteiger charge is 2.31. The summed E-state index contributed by atoms with van der Waals surface area (Å²) < 4.78 is 0. The molecule has 3 aromatic rings. The van der Waals surface area contributed by atoms with Gasteiger partial charge in [-0.25, -0.2) is 0 Å². The van der Waals surface area contributed by atoms with Gasteiger partial charge in [-0.15, -0.1) is 0 Å². The molecule has 0 bridgehead atoms. The highest BCUT2D eigenvalue weighted by Crippen LogP contribution is 2.44. The summed E-state index contributed by atoms with van der Waals surface area (Å²) in [5.41, 5.74) is 13.5. The molecule has 0 N–H and O–H groups in total. The molecule has 0 aliphatic heterocycles. The molecule has 4 rings (SSSR count). The zero-order valence-corrected chi connectivity index (χ0v) is 34.1. The van der Waals surface area contributed by atoms with Crippen LogP contribution in [0.1, 0.15) is 82.7 Å². The number of fused-ring (bicyclic) bond motifs is 3. The molecular weight excluding hydrogens is 663 g/mol. The van der Waals surface area contributed by atoms with E-state index in [0.29, 0.717) is 0 Å². The van der Waals surface area contributed by atoms with Crippen molar-refractivity contribution in [2.75, 3.05) is 0 Å². The van der Waals surface area contributed by atoms with Gasteiger partial charge >= 0.3 is 0 Å². The van der Waals surface area contributed by atoms with Crippen LogP contribution < -0.4 is 0 Å². The van der Waals surface area contributed by atoms with Crippen LogP contribution in [-0.4, -0.2) is 4.90 Å². The number of nitrogens with zero attached hydrogens (tertiary/aromatic N) is 1. The van der Waals surface area contributed by atoms with E-state index in [-0.39, 0.29) is 12.0 Å². The minimum absolute atomic E-state index is 0.0571. The summed E-state index contributed by atoms with van der Waals surface area (Å²) in [7, 11) is 0. The van der Waals surface area contributed by atoms with Crippen molar-refractivity contribution in [1.82, 2.24) is 4.90 Å². The molecule has 1 aliphatic carbocycles. The maximum Gasteiger partial charge on any atom is 0.0638 e. The third-order valence-corrected chi connectivity index (χ3v) is 9.93. The lowest BCUT2D eigenvalue weighted by atomic mass is 9.81. The number of rotatable bonds is 18. The van der Waals surface area contributed by atoms with Crippen molar-refractivity contribution >= 4 is 6.08 Å². The number of hydrogen-bond donors (Lipinski definition) is 0. The van der Waals surface area contributed by atoms with Crippen molar-refractivity contribution in [3.8, 4) is 11.1 Å². The lowest BCUT2D eigenvalue weighted by Crippen LogP contribution is -2.30. The molecule has 0 saturated carbocycles. The number of hydrogen-bond acceptors (Lipinski definition) is 1. The highest BCUT2D eigenvalue weighted by molar-refractivity contribution is 5.74. The predicted octanol–water partition coefficient (Wildman–Crippen LogP) is 15.2. The van der Waals surface area contributed by atoms with Gasteiger partial charge in [0.15, 0.2) is 0 Å². The molecule has 1 nitrogen and oxygen atoms in total. The first kappa shape index (κ1) is 42.1. The van der Waals surface area contributed by atoms with Crippen molar-refractivity contribution in [2.24, 2.45) is 5.92 Å². The van der Waals surface area contributed by atoms with E-state index in [4.69, 9.17) is 0 Å². The van der Waals surface area contributed by atoms with Gasteiger partial charge in [-0.3, -0.25) is 0 Å². The quantitative estimate of drug-likeness (QED) is 0.118. The number of benzene rings is 3. The largest absolute Gasteiger partial charge is 0.334 e. The lowest BCUT2D eigenvalue weighted by molar-refractivity contribution is 0.331. The fraction of sp³-hybridized carbons (Fsp3) is 0.222. The SMILES string of the molecule is C=C/C(=C\C(=C\c1ccc(C/C=C\C=C/C)cc1)C/C=C\C=C/C)N(C(/C=C\C(C)C(/C=C\C)=C/C(=C)CC)=C/C)C1Cc2ccccc2-c2ccccc21. The summed E-state index contributed by atoms with van der Waals surface area (Å²) in [6.07, 6.45) is 40.5. The number of allylic oxidation sites excluding steroid dienone is 19. The molecule has 282 valence electrons. The predicted molar refractivity (Wildman–Crippen MR) is 243 cm³/mol. The Hall–Kier alpha value is -5.66. The Morgan fingerprint density at radius 1 is 0.782 bits per heavy atom. The minimum atomic E-state index is 0.0571. The molecule has 55 heavy (non-hydrogen) atoms. The van der Waals surface area contributed by atoms with Gasteiger partial charge in [-0.2, -0.15) is 0 Å². The fourth-order valence-electron chi connectivity index (χ4n) is 6.91. The van der Waals surface area contributed by atoms with Crippen molar-refractivity contribution in [1.29, 1.82) is 0 Å². The van der Waals surface area contributed by atoms with Crippen LogP contribution in [0.3, 0.4) is 0 Å². The van der Waals surface area contributed by atoms with Gasteiger partial charge in [0.2, 0.25) is 0 Å². The molecular formula is C54H61N. The van der Waals surface area contributed by atoms with Crippen LogP contribution in [0.2, 0.25) is 0 Å². The van der Waals surface area contributed by atoms with E-state index in [1.165, 1.54) is 44.5 Å². The van der Waals surface area contributed by atoms with Crippen molar-refractivity contribution in [2.45, 2.75) is 73.3 Å². The van der Waals surface area contributed by atoms with E-state index in [1.54, 1.807) is 0 Å². The van der Waals surface area contributed by atoms with E-state index in [1.807, 2.05) is 13.0 Å². The van der Waals surface area contributed by atoms with Gasteiger partial charge < -0.3 is 4.90 Å². The van der Waals surface area contributed by atoms with E-state index >= 15 is 0 Å². The van der Waals surface area contributed by atoms with Crippen LogP contribution in [-0.2, 0) is 12.8 Å². The molecule has 0 spiro atoms. The molecule has 0 radical (unpaired) electrons. The standard InChI is InChI=1S/C54H61N/c1-9-15-17-19-26-44-33-35-45(36-34-44)39-46(27-20-18-16-10-2)40-50(14-6)55(49(13-5)37-32-43(8)47(25-11-3)38-42(7)12-4)54-41-48-28-21-22-29-51(48)52-30-23-24-31-53(52)54/h9-11,13-25,28-40,43,54H,6-7,12,26-27,41H2,1-5,8H3/b15-9-,16-10-,19-17-,20-18-,25-11-,37-32-,46-39+,47-38+,49-13+,50-40+. The highest BCUT2D eigenvalue weighted by atomic mass is 15.2. The van der Waals surface area contributed by atoms with Gasteiger partial charge in [-0.05, 0) is 122 Å². The molecule has 0 aromatic heterocycles. The molecule has 0 heterocycles. The molecule has 1 aliphatic rings. The Labute approximate surface area is 333 Å². The summed E-state index contributed by atoms with van der Waals surface area (Å²) >= 11 is 0. The van der Waals surface area contributed by atoms with Gasteiger partial charge in [0.1, 0.15) is 0 Å². The first-order chi connectivity index (χ1) is 26.9. The van der Waals surface area contributed by atoms with E-state index in [0.717, 1.165) is 42.7 Å². The van der Waals surface area contributed by atoms with Gasteiger partial charge in [0.05, 0.1) is 6.04 Å². The normalized spacial score (nSPS) is 16.2. The van der Waals surface area contributed by atoms with Crippen LogP contribution in [0, 0.1) is 5.92 Å². The van der Waals surface area contributed by atoms with Crippen LogP contribution in [0.5, 0.6) is 0 Å². The van der Waals surface area contributed by atoms with Crippen LogP contribution >= 0.6 is 0 Å². The summed E-state index contributed by atoms with van der Waals surface area (Å²) in [6.45, 7) is 21.5. The first-order valence-electron chi connectivity index (χ1n) is 19.9. The molecule has 3 aromatic carbocycles. The van der Waals surface area contributed by atoms with Crippen molar-refractivity contribution in [3.05, 3.63) is 234 Å².